The summed E-state index contributed by atoms with van der Waals surface area (Å²) in [7, 11) is 1.92. The highest BCUT2D eigenvalue weighted by atomic mass is 35.5. The highest BCUT2D eigenvalue weighted by Crippen LogP contribution is 2.27. The molecule has 0 spiro atoms. The van der Waals surface area contributed by atoms with E-state index in [1.54, 1.807) is 0 Å². The minimum Gasteiger partial charge on any atom is -0.351 e. The van der Waals surface area contributed by atoms with Gasteiger partial charge in [-0.15, -0.1) is 0 Å². The van der Waals surface area contributed by atoms with Gasteiger partial charge in [0.1, 0.15) is 5.02 Å². The van der Waals surface area contributed by atoms with Crippen LogP contribution in [0.1, 0.15) is 5.69 Å². The lowest BCUT2D eigenvalue weighted by molar-refractivity contribution is 0.580. The van der Waals surface area contributed by atoms with Crippen molar-refractivity contribution >= 4 is 17.4 Å². The molecule has 0 atom stereocenters. The van der Waals surface area contributed by atoms with Crippen molar-refractivity contribution in [2.24, 2.45) is 7.05 Å². The standard InChI is InChI=1S/C9H15ClN4/c1-7-8(10)9(12-13(7)2)14-5-3-11-4-6-14/h11H,3-6H2,1-2H3. The average Bonchev–Trinajstić information content (AvgIpc) is 2.47. The Bertz CT molecular complexity index is 328. The van der Waals surface area contributed by atoms with E-state index in [1.165, 1.54) is 0 Å². The van der Waals surface area contributed by atoms with Crippen LogP contribution in [0.3, 0.4) is 0 Å². The Hall–Kier alpha value is -0.740. The molecule has 0 radical (unpaired) electrons. The van der Waals surface area contributed by atoms with Crippen LogP contribution >= 0.6 is 11.6 Å². The van der Waals surface area contributed by atoms with E-state index in [2.05, 4.69) is 15.3 Å². The summed E-state index contributed by atoms with van der Waals surface area (Å²) in [5.41, 5.74) is 1.03. The molecular weight excluding hydrogens is 200 g/mol. The van der Waals surface area contributed by atoms with E-state index in [0.29, 0.717) is 0 Å². The van der Waals surface area contributed by atoms with Gasteiger partial charge in [0.2, 0.25) is 0 Å². The van der Waals surface area contributed by atoms with Crippen molar-refractivity contribution in [3.63, 3.8) is 0 Å². The maximum absolute atomic E-state index is 6.20. The average molecular weight is 215 g/mol. The molecule has 78 valence electrons. The highest BCUT2D eigenvalue weighted by Gasteiger charge is 2.18. The summed E-state index contributed by atoms with van der Waals surface area (Å²) in [6.45, 7) is 5.96. The molecule has 1 N–H and O–H groups in total. The quantitative estimate of drug-likeness (QED) is 0.751. The molecule has 2 heterocycles. The molecule has 0 bridgehead atoms. The SMILES string of the molecule is Cc1c(Cl)c(N2CCNCC2)nn1C. The van der Waals surface area contributed by atoms with Crippen LogP contribution in [0.2, 0.25) is 5.02 Å². The summed E-state index contributed by atoms with van der Waals surface area (Å²) < 4.78 is 1.83. The molecule has 0 unspecified atom stereocenters. The summed E-state index contributed by atoms with van der Waals surface area (Å²) in [6.07, 6.45) is 0. The lowest BCUT2D eigenvalue weighted by Gasteiger charge is -2.27. The first-order valence-corrected chi connectivity index (χ1v) is 5.22. The molecule has 0 aromatic carbocycles. The van der Waals surface area contributed by atoms with Crippen molar-refractivity contribution in [1.82, 2.24) is 15.1 Å². The molecular formula is C9H15ClN4. The van der Waals surface area contributed by atoms with Crippen molar-refractivity contribution in [2.75, 3.05) is 31.1 Å². The van der Waals surface area contributed by atoms with Crippen LogP contribution in [-0.2, 0) is 7.05 Å². The maximum atomic E-state index is 6.20. The molecule has 0 aliphatic carbocycles. The lowest BCUT2D eigenvalue weighted by atomic mass is 10.3. The number of halogens is 1. The van der Waals surface area contributed by atoms with E-state index in [0.717, 1.165) is 42.7 Å². The molecule has 1 aliphatic heterocycles. The van der Waals surface area contributed by atoms with Crippen molar-refractivity contribution in [3.8, 4) is 0 Å². The summed E-state index contributed by atoms with van der Waals surface area (Å²) in [4.78, 5) is 2.23. The van der Waals surface area contributed by atoms with Crippen LogP contribution in [0.25, 0.3) is 0 Å². The summed E-state index contributed by atoms with van der Waals surface area (Å²) in [6, 6.07) is 0. The highest BCUT2D eigenvalue weighted by molar-refractivity contribution is 6.33. The normalized spacial score (nSPS) is 17.5. The number of hydrogen-bond acceptors (Lipinski definition) is 3. The van der Waals surface area contributed by atoms with E-state index >= 15 is 0 Å². The fourth-order valence-corrected chi connectivity index (χ4v) is 1.92. The first kappa shape index (κ1) is 9.80. The maximum Gasteiger partial charge on any atom is 0.169 e. The third kappa shape index (κ3) is 1.60. The fourth-order valence-electron chi connectivity index (χ4n) is 1.64. The lowest BCUT2D eigenvalue weighted by Crippen LogP contribution is -2.43. The van der Waals surface area contributed by atoms with Crippen LogP contribution in [-0.4, -0.2) is 36.0 Å². The van der Waals surface area contributed by atoms with Gasteiger partial charge in [-0.25, -0.2) is 0 Å². The van der Waals surface area contributed by atoms with Crippen LogP contribution in [0.4, 0.5) is 5.82 Å². The third-order valence-corrected chi connectivity index (χ3v) is 3.10. The number of piperazine rings is 1. The number of aryl methyl sites for hydroxylation is 1. The van der Waals surface area contributed by atoms with Gasteiger partial charge in [0.15, 0.2) is 5.82 Å². The number of nitrogens with one attached hydrogen (secondary N) is 1. The Morgan fingerprint density at radius 1 is 1.36 bits per heavy atom. The van der Waals surface area contributed by atoms with Crippen LogP contribution in [0, 0.1) is 6.92 Å². The Morgan fingerprint density at radius 3 is 2.50 bits per heavy atom. The minimum atomic E-state index is 0.786. The summed E-state index contributed by atoms with van der Waals surface area (Å²) in [5, 5.41) is 8.51. The predicted octanol–water partition coefficient (Wildman–Crippen LogP) is 0.792. The Labute approximate surface area is 88.8 Å². The van der Waals surface area contributed by atoms with E-state index in [1.807, 2.05) is 18.7 Å². The van der Waals surface area contributed by atoms with Crippen LogP contribution in [0.15, 0.2) is 0 Å². The first-order valence-electron chi connectivity index (χ1n) is 4.85. The molecule has 1 aromatic rings. The Morgan fingerprint density at radius 2 is 2.00 bits per heavy atom. The minimum absolute atomic E-state index is 0.786. The second-order valence-corrected chi connectivity index (χ2v) is 3.96. The van der Waals surface area contributed by atoms with Gasteiger partial charge in [-0.05, 0) is 6.92 Å². The van der Waals surface area contributed by atoms with Gasteiger partial charge < -0.3 is 10.2 Å². The molecule has 1 aromatic heterocycles. The number of rotatable bonds is 1. The topological polar surface area (TPSA) is 33.1 Å². The molecule has 1 saturated heterocycles. The van der Waals surface area contributed by atoms with Gasteiger partial charge in [0.05, 0.1) is 5.69 Å². The van der Waals surface area contributed by atoms with Gasteiger partial charge in [-0.1, -0.05) is 11.6 Å². The number of nitrogens with zero attached hydrogens (tertiary/aromatic N) is 3. The van der Waals surface area contributed by atoms with Gasteiger partial charge in [-0.2, -0.15) is 5.10 Å². The molecule has 5 heteroatoms. The van der Waals surface area contributed by atoms with Gasteiger partial charge >= 0.3 is 0 Å². The second-order valence-electron chi connectivity index (χ2n) is 3.58. The van der Waals surface area contributed by atoms with Crippen molar-refractivity contribution < 1.29 is 0 Å². The van der Waals surface area contributed by atoms with Crippen LogP contribution < -0.4 is 10.2 Å². The number of anilines is 1. The molecule has 1 fully saturated rings. The number of aromatic nitrogens is 2. The van der Waals surface area contributed by atoms with Crippen molar-refractivity contribution in [1.29, 1.82) is 0 Å². The molecule has 2 rings (SSSR count). The molecule has 0 saturated carbocycles. The fraction of sp³-hybridized carbons (Fsp3) is 0.667. The largest absolute Gasteiger partial charge is 0.351 e. The van der Waals surface area contributed by atoms with Gasteiger partial charge in [0.25, 0.3) is 0 Å². The zero-order valence-electron chi connectivity index (χ0n) is 8.55. The smallest absolute Gasteiger partial charge is 0.169 e. The molecule has 0 amide bonds. The van der Waals surface area contributed by atoms with E-state index in [4.69, 9.17) is 11.6 Å². The van der Waals surface area contributed by atoms with Gasteiger partial charge in [-0.3, -0.25) is 4.68 Å². The van der Waals surface area contributed by atoms with E-state index in [-0.39, 0.29) is 0 Å². The number of hydrogen-bond donors (Lipinski definition) is 1. The first-order chi connectivity index (χ1) is 6.70. The monoisotopic (exact) mass is 214 g/mol. The Kier molecular flexibility index (Phi) is 2.65. The van der Waals surface area contributed by atoms with E-state index in [9.17, 15) is 0 Å². The predicted molar refractivity (Wildman–Crippen MR) is 58.0 cm³/mol. The molecule has 14 heavy (non-hydrogen) atoms. The van der Waals surface area contributed by atoms with Gasteiger partial charge in [0, 0.05) is 33.2 Å². The summed E-state index contributed by atoms with van der Waals surface area (Å²) in [5.74, 6) is 0.924. The third-order valence-electron chi connectivity index (χ3n) is 2.66. The second kappa shape index (κ2) is 3.79. The zero-order chi connectivity index (χ0) is 10.1. The van der Waals surface area contributed by atoms with E-state index < -0.39 is 0 Å². The van der Waals surface area contributed by atoms with Crippen molar-refractivity contribution in [2.45, 2.75) is 6.92 Å². The summed E-state index contributed by atoms with van der Waals surface area (Å²) >= 11 is 6.20. The Balaban J connectivity index is 2.26. The van der Waals surface area contributed by atoms with Crippen LogP contribution in [0.5, 0.6) is 0 Å². The molecule has 4 nitrogen and oxygen atoms in total. The molecule has 1 aliphatic rings. The van der Waals surface area contributed by atoms with Crippen molar-refractivity contribution in [3.05, 3.63) is 10.7 Å². The zero-order valence-corrected chi connectivity index (χ0v) is 9.30.